The normalized spacial score (nSPS) is 18.7. The standard InChI is InChI=1S/C20H25FN4O2/c21-15-6-7-17-14(12-15)13-18(23-17)19(26)24-8-10-25(11-9-24)20(27)22-16-4-2-1-3-5-16/h6-7,12-13,16,23H,1-5,8-11H2,(H,22,27). The van der Waals surface area contributed by atoms with Crippen molar-refractivity contribution < 1.29 is 14.0 Å². The first kappa shape index (κ1) is 17.8. The Balaban J connectivity index is 1.33. The molecule has 0 spiro atoms. The van der Waals surface area contributed by atoms with Gasteiger partial charge in [0.05, 0.1) is 0 Å². The molecule has 144 valence electrons. The van der Waals surface area contributed by atoms with E-state index in [4.69, 9.17) is 0 Å². The number of hydrogen-bond acceptors (Lipinski definition) is 2. The quantitative estimate of drug-likeness (QED) is 0.851. The number of nitrogens with zero attached hydrogens (tertiary/aromatic N) is 2. The van der Waals surface area contributed by atoms with E-state index < -0.39 is 0 Å². The molecule has 2 fully saturated rings. The summed E-state index contributed by atoms with van der Waals surface area (Å²) in [5.74, 6) is -0.433. The van der Waals surface area contributed by atoms with Crippen LogP contribution in [0.5, 0.6) is 0 Å². The van der Waals surface area contributed by atoms with E-state index in [1.165, 1.54) is 31.4 Å². The summed E-state index contributed by atoms with van der Waals surface area (Å²) in [6.07, 6.45) is 5.74. The number of nitrogens with one attached hydrogen (secondary N) is 2. The number of fused-ring (bicyclic) bond motifs is 1. The molecule has 0 unspecified atom stereocenters. The highest BCUT2D eigenvalue weighted by molar-refractivity contribution is 5.98. The van der Waals surface area contributed by atoms with Crippen molar-refractivity contribution in [3.63, 3.8) is 0 Å². The Labute approximate surface area is 157 Å². The van der Waals surface area contributed by atoms with Crippen molar-refractivity contribution in [1.29, 1.82) is 0 Å². The fraction of sp³-hybridized carbons (Fsp3) is 0.500. The average molecular weight is 372 g/mol. The summed E-state index contributed by atoms with van der Waals surface area (Å²) in [5.41, 5.74) is 1.20. The number of halogens is 1. The minimum absolute atomic E-state index is 0.0184. The van der Waals surface area contributed by atoms with Gasteiger partial charge in [0.1, 0.15) is 11.5 Å². The van der Waals surface area contributed by atoms with Gasteiger partial charge in [-0.15, -0.1) is 0 Å². The first-order valence-corrected chi connectivity index (χ1v) is 9.73. The molecule has 2 aromatic rings. The number of hydrogen-bond donors (Lipinski definition) is 2. The van der Waals surface area contributed by atoms with E-state index in [-0.39, 0.29) is 23.8 Å². The zero-order valence-electron chi connectivity index (χ0n) is 15.3. The van der Waals surface area contributed by atoms with E-state index in [1.807, 2.05) is 0 Å². The van der Waals surface area contributed by atoms with Crippen LogP contribution in [0.4, 0.5) is 9.18 Å². The van der Waals surface area contributed by atoms with Gasteiger partial charge in [-0.05, 0) is 37.1 Å². The van der Waals surface area contributed by atoms with Crippen molar-refractivity contribution in [2.45, 2.75) is 38.1 Å². The summed E-state index contributed by atoms with van der Waals surface area (Å²) in [5, 5.41) is 3.81. The van der Waals surface area contributed by atoms with Crippen LogP contribution in [0.15, 0.2) is 24.3 Å². The molecule has 3 amide bonds. The first-order chi connectivity index (χ1) is 13.1. The van der Waals surface area contributed by atoms with Crippen molar-refractivity contribution >= 4 is 22.8 Å². The minimum Gasteiger partial charge on any atom is -0.351 e. The molecule has 27 heavy (non-hydrogen) atoms. The summed E-state index contributed by atoms with van der Waals surface area (Å²) < 4.78 is 13.3. The second-order valence-corrected chi connectivity index (χ2v) is 7.48. The molecule has 1 saturated heterocycles. The molecule has 6 nitrogen and oxygen atoms in total. The molecule has 1 aliphatic heterocycles. The van der Waals surface area contributed by atoms with Gasteiger partial charge in [0, 0.05) is 43.1 Å². The van der Waals surface area contributed by atoms with Gasteiger partial charge in [0.25, 0.3) is 5.91 Å². The van der Waals surface area contributed by atoms with E-state index in [1.54, 1.807) is 21.9 Å². The lowest BCUT2D eigenvalue weighted by atomic mass is 9.96. The Bertz CT molecular complexity index is 836. The molecule has 1 aromatic heterocycles. The molecule has 1 saturated carbocycles. The van der Waals surface area contributed by atoms with Gasteiger partial charge in [-0.2, -0.15) is 0 Å². The summed E-state index contributed by atoms with van der Waals surface area (Å²) in [4.78, 5) is 31.8. The highest BCUT2D eigenvalue weighted by Gasteiger charge is 2.27. The molecule has 2 N–H and O–H groups in total. The maximum atomic E-state index is 13.3. The van der Waals surface area contributed by atoms with Crippen LogP contribution in [0.3, 0.4) is 0 Å². The van der Waals surface area contributed by atoms with Crippen LogP contribution in [0.25, 0.3) is 10.9 Å². The topological polar surface area (TPSA) is 68.4 Å². The van der Waals surface area contributed by atoms with Crippen molar-refractivity contribution in [2.75, 3.05) is 26.2 Å². The Morgan fingerprint density at radius 3 is 2.44 bits per heavy atom. The second kappa shape index (κ2) is 7.58. The molecular formula is C20H25FN4O2. The molecular weight excluding hydrogens is 347 g/mol. The molecule has 0 bridgehead atoms. The van der Waals surface area contributed by atoms with Gasteiger partial charge >= 0.3 is 6.03 Å². The number of amides is 3. The number of benzene rings is 1. The van der Waals surface area contributed by atoms with Gasteiger partial charge in [-0.1, -0.05) is 19.3 Å². The van der Waals surface area contributed by atoms with Crippen LogP contribution in [0, 0.1) is 5.82 Å². The van der Waals surface area contributed by atoms with Crippen LogP contribution in [0.2, 0.25) is 0 Å². The maximum absolute atomic E-state index is 13.3. The van der Waals surface area contributed by atoms with Gasteiger partial charge in [-0.3, -0.25) is 4.79 Å². The van der Waals surface area contributed by atoms with Crippen molar-refractivity contribution in [1.82, 2.24) is 20.1 Å². The fourth-order valence-electron chi connectivity index (χ4n) is 4.01. The van der Waals surface area contributed by atoms with Crippen LogP contribution in [-0.4, -0.2) is 58.9 Å². The number of H-pyrrole nitrogens is 1. The Kier molecular flexibility index (Phi) is 5.01. The number of rotatable bonds is 2. The first-order valence-electron chi connectivity index (χ1n) is 9.73. The van der Waals surface area contributed by atoms with Crippen LogP contribution in [-0.2, 0) is 0 Å². The Morgan fingerprint density at radius 1 is 1.00 bits per heavy atom. The van der Waals surface area contributed by atoms with Crippen molar-refractivity contribution in [3.8, 4) is 0 Å². The number of urea groups is 1. The molecule has 1 aliphatic carbocycles. The Hall–Kier alpha value is -2.57. The molecule has 4 rings (SSSR count). The zero-order valence-corrected chi connectivity index (χ0v) is 15.3. The van der Waals surface area contributed by atoms with Gasteiger partial charge in [0.2, 0.25) is 0 Å². The third-order valence-electron chi connectivity index (χ3n) is 5.60. The van der Waals surface area contributed by atoms with Gasteiger partial charge < -0.3 is 20.1 Å². The lowest BCUT2D eigenvalue weighted by Gasteiger charge is -2.35. The molecule has 1 aromatic carbocycles. The van der Waals surface area contributed by atoms with Crippen LogP contribution < -0.4 is 5.32 Å². The molecule has 0 atom stereocenters. The third-order valence-corrected chi connectivity index (χ3v) is 5.60. The van der Waals surface area contributed by atoms with E-state index in [2.05, 4.69) is 10.3 Å². The SMILES string of the molecule is O=C(NC1CCCCC1)N1CCN(C(=O)c2cc3cc(F)ccc3[nH]2)CC1. The van der Waals surface area contributed by atoms with Crippen molar-refractivity contribution in [3.05, 3.63) is 35.8 Å². The lowest BCUT2D eigenvalue weighted by molar-refractivity contribution is 0.0657. The number of aromatic amines is 1. The largest absolute Gasteiger partial charge is 0.351 e. The summed E-state index contributed by atoms with van der Waals surface area (Å²) in [7, 11) is 0. The van der Waals surface area contributed by atoms with E-state index in [0.29, 0.717) is 37.3 Å². The summed E-state index contributed by atoms with van der Waals surface area (Å²) >= 11 is 0. The summed E-state index contributed by atoms with van der Waals surface area (Å²) in [6, 6.07) is 6.37. The third kappa shape index (κ3) is 3.91. The van der Waals surface area contributed by atoms with Crippen LogP contribution >= 0.6 is 0 Å². The van der Waals surface area contributed by atoms with Crippen LogP contribution in [0.1, 0.15) is 42.6 Å². The number of carbonyl (C=O) groups excluding carboxylic acids is 2. The predicted octanol–water partition coefficient (Wildman–Crippen LogP) is 3.11. The number of aromatic nitrogens is 1. The van der Waals surface area contributed by atoms with Crippen molar-refractivity contribution in [2.24, 2.45) is 0 Å². The smallest absolute Gasteiger partial charge is 0.317 e. The maximum Gasteiger partial charge on any atom is 0.317 e. The summed E-state index contributed by atoms with van der Waals surface area (Å²) in [6.45, 7) is 2.06. The molecule has 2 aliphatic rings. The number of carbonyl (C=O) groups is 2. The van der Waals surface area contributed by atoms with Gasteiger partial charge in [0.15, 0.2) is 0 Å². The van der Waals surface area contributed by atoms with Gasteiger partial charge in [-0.25, -0.2) is 9.18 Å². The average Bonchev–Trinajstić information content (AvgIpc) is 3.11. The monoisotopic (exact) mass is 372 g/mol. The molecule has 7 heteroatoms. The highest BCUT2D eigenvalue weighted by Crippen LogP contribution is 2.19. The minimum atomic E-state index is -0.321. The number of piperazine rings is 1. The zero-order chi connectivity index (χ0) is 18.8. The lowest BCUT2D eigenvalue weighted by Crippen LogP contribution is -2.54. The van der Waals surface area contributed by atoms with E-state index in [9.17, 15) is 14.0 Å². The molecule has 0 radical (unpaired) electrons. The van der Waals surface area contributed by atoms with E-state index >= 15 is 0 Å². The highest BCUT2D eigenvalue weighted by atomic mass is 19.1. The van der Waals surface area contributed by atoms with E-state index in [0.717, 1.165) is 18.4 Å². The fourth-order valence-corrected chi connectivity index (χ4v) is 4.01. The Morgan fingerprint density at radius 2 is 1.70 bits per heavy atom. The predicted molar refractivity (Wildman–Crippen MR) is 101 cm³/mol. The molecule has 2 heterocycles. The second-order valence-electron chi connectivity index (χ2n) is 7.48.